The monoisotopic (exact) mass is 323 g/mol. The lowest BCUT2D eigenvalue weighted by molar-refractivity contribution is -0.384. The minimum atomic E-state index is -0.582. The first-order valence-electron chi connectivity index (χ1n) is 7.76. The Morgan fingerprint density at radius 3 is 2.83 bits per heavy atom. The standard InChI is InChI=1S/C15H21N3O5/c1-10(19)8-15(2)9-11-7-12(18(20)21)13(16-14(11)23-15)17-3-5-22-6-4-17/h7,10,19H,3-6,8-9H2,1-2H3. The zero-order chi connectivity index (χ0) is 16.6. The van der Waals surface area contributed by atoms with Crippen molar-refractivity contribution in [1.29, 1.82) is 0 Å². The van der Waals surface area contributed by atoms with Gasteiger partial charge in [0, 0.05) is 37.6 Å². The summed E-state index contributed by atoms with van der Waals surface area (Å²) in [4.78, 5) is 17.3. The van der Waals surface area contributed by atoms with Crippen molar-refractivity contribution in [2.24, 2.45) is 0 Å². The molecular weight excluding hydrogens is 302 g/mol. The summed E-state index contributed by atoms with van der Waals surface area (Å²) in [6.07, 6.45) is 0.442. The lowest BCUT2D eigenvalue weighted by Crippen LogP contribution is -2.37. The maximum Gasteiger partial charge on any atom is 0.312 e. The summed E-state index contributed by atoms with van der Waals surface area (Å²) in [7, 11) is 0. The fourth-order valence-corrected chi connectivity index (χ4v) is 3.28. The highest BCUT2D eigenvalue weighted by molar-refractivity contribution is 5.62. The van der Waals surface area contributed by atoms with E-state index in [0.717, 1.165) is 5.56 Å². The third-order valence-corrected chi connectivity index (χ3v) is 4.16. The number of ether oxygens (including phenoxy) is 2. The second-order valence-electron chi connectivity index (χ2n) is 6.43. The van der Waals surface area contributed by atoms with Gasteiger partial charge in [0.1, 0.15) is 5.60 Å². The Morgan fingerprint density at radius 2 is 2.22 bits per heavy atom. The van der Waals surface area contributed by atoms with E-state index >= 15 is 0 Å². The van der Waals surface area contributed by atoms with Crippen LogP contribution in [0.1, 0.15) is 25.8 Å². The number of hydrogen-bond donors (Lipinski definition) is 1. The van der Waals surface area contributed by atoms with E-state index in [1.54, 1.807) is 13.0 Å². The van der Waals surface area contributed by atoms with Crippen molar-refractivity contribution in [3.63, 3.8) is 0 Å². The third kappa shape index (κ3) is 3.23. The second kappa shape index (κ2) is 5.93. The van der Waals surface area contributed by atoms with Crippen LogP contribution in [-0.4, -0.2) is 53.0 Å². The molecule has 1 aromatic heterocycles. The van der Waals surface area contributed by atoms with E-state index in [1.807, 2.05) is 11.8 Å². The van der Waals surface area contributed by atoms with Crippen molar-refractivity contribution >= 4 is 11.5 Å². The van der Waals surface area contributed by atoms with Crippen molar-refractivity contribution in [3.05, 3.63) is 21.7 Å². The summed E-state index contributed by atoms with van der Waals surface area (Å²) in [6, 6.07) is 1.56. The first kappa shape index (κ1) is 15.9. The fourth-order valence-electron chi connectivity index (χ4n) is 3.28. The molecule has 2 aliphatic rings. The molecule has 8 heteroatoms. The first-order valence-corrected chi connectivity index (χ1v) is 7.76. The van der Waals surface area contributed by atoms with Crippen molar-refractivity contribution in [3.8, 4) is 5.88 Å². The van der Waals surface area contributed by atoms with Crippen molar-refractivity contribution in [2.75, 3.05) is 31.2 Å². The van der Waals surface area contributed by atoms with Gasteiger partial charge in [0.2, 0.25) is 11.7 Å². The minimum Gasteiger partial charge on any atom is -0.471 e. The maximum absolute atomic E-state index is 11.4. The van der Waals surface area contributed by atoms with Crippen LogP contribution in [0.2, 0.25) is 0 Å². The van der Waals surface area contributed by atoms with Crippen molar-refractivity contribution < 1.29 is 19.5 Å². The molecule has 3 rings (SSSR count). The molecule has 0 aliphatic carbocycles. The Kier molecular flexibility index (Phi) is 4.11. The highest BCUT2D eigenvalue weighted by Gasteiger charge is 2.39. The topological polar surface area (TPSA) is 98.0 Å². The average Bonchev–Trinajstić information content (AvgIpc) is 2.80. The number of fused-ring (bicyclic) bond motifs is 1. The van der Waals surface area contributed by atoms with Gasteiger partial charge in [0.15, 0.2) is 0 Å². The number of rotatable bonds is 4. The van der Waals surface area contributed by atoms with E-state index in [0.29, 0.717) is 50.8 Å². The van der Waals surface area contributed by atoms with E-state index in [-0.39, 0.29) is 5.69 Å². The van der Waals surface area contributed by atoms with E-state index in [1.165, 1.54) is 0 Å². The molecule has 0 saturated carbocycles. The van der Waals surface area contributed by atoms with Gasteiger partial charge in [-0.3, -0.25) is 10.1 Å². The number of nitrogens with zero attached hydrogens (tertiary/aromatic N) is 3. The summed E-state index contributed by atoms with van der Waals surface area (Å²) < 4.78 is 11.2. The van der Waals surface area contributed by atoms with Crippen LogP contribution in [0.25, 0.3) is 0 Å². The smallest absolute Gasteiger partial charge is 0.312 e. The molecular formula is C15H21N3O5. The highest BCUT2D eigenvalue weighted by atomic mass is 16.6. The molecule has 1 fully saturated rings. The normalized spacial score (nSPS) is 24.9. The molecule has 1 saturated heterocycles. The molecule has 0 radical (unpaired) electrons. The van der Waals surface area contributed by atoms with Crippen LogP contribution in [0.15, 0.2) is 6.07 Å². The van der Waals surface area contributed by atoms with Crippen LogP contribution in [-0.2, 0) is 11.2 Å². The number of anilines is 1. The molecule has 3 heterocycles. The predicted octanol–water partition coefficient (Wildman–Crippen LogP) is 1.29. The molecule has 0 bridgehead atoms. The Balaban J connectivity index is 1.94. The molecule has 8 nitrogen and oxygen atoms in total. The van der Waals surface area contributed by atoms with E-state index in [2.05, 4.69) is 4.98 Å². The molecule has 2 atom stereocenters. The lowest BCUT2D eigenvalue weighted by Gasteiger charge is -2.27. The van der Waals surface area contributed by atoms with Gasteiger partial charge < -0.3 is 19.5 Å². The van der Waals surface area contributed by atoms with Crippen LogP contribution in [0.3, 0.4) is 0 Å². The number of aliphatic hydroxyl groups is 1. The van der Waals surface area contributed by atoms with Crippen molar-refractivity contribution in [2.45, 2.75) is 38.4 Å². The second-order valence-corrected chi connectivity index (χ2v) is 6.43. The maximum atomic E-state index is 11.4. The van der Waals surface area contributed by atoms with Gasteiger partial charge in [0.05, 0.1) is 24.2 Å². The molecule has 126 valence electrons. The van der Waals surface area contributed by atoms with Gasteiger partial charge in [-0.2, -0.15) is 4.98 Å². The number of morpholine rings is 1. The molecule has 0 amide bonds. The number of hydrogen-bond acceptors (Lipinski definition) is 7. The molecule has 0 aromatic carbocycles. The van der Waals surface area contributed by atoms with Crippen LogP contribution in [0.4, 0.5) is 11.5 Å². The Hall–Kier alpha value is -1.93. The Morgan fingerprint density at radius 1 is 1.52 bits per heavy atom. The summed E-state index contributed by atoms with van der Waals surface area (Å²) >= 11 is 0. The van der Waals surface area contributed by atoms with Gasteiger partial charge in [0.25, 0.3) is 0 Å². The highest BCUT2D eigenvalue weighted by Crippen LogP contribution is 2.41. The van der Waals surface area contributed by atoms with Gasteiger partial charge in [-0.25, -0.2) is 0 Å². The van der Waals surface area contributed by atoms with Crippen LogP contribution < -0.4 is 9.64 Å². The van der Waals surface area contributed by atoms with E-state index < -0.39 is 16.6 Å². The fraction of sp³-hybridized carbons (Fsp3) is 0.667. The van der Waals surface area contributed by atoms with Crippen molar-refractivity contribution in [1.82, 2.24) is 4.98 Å². The van der Waals surface area contributed by atoms with Gasteiger partial charge in [-0.1, -0.05) is 0 Å². The van der Waals surface area contributed by atoms with Gasteiger partial charge in [-0.05, 0) is 13.8 Å². The van der Waals surface area contributed by atoms with E-state index in [9.17, 15) is 15.2 Å². The molecule has 2 aliphatic heterocycles. The molecule has 2 unspecified atom stereocenters. The summed E-state index contributed by atoms with van der Waals surface area (Å²) in [5.41, 5.74) is 0.133. The number of aromatic nitrogens is 1. The summed E-state index contributed by atoms with van der Waals surface area (Å²) in [5, 5.41) is 21.1. The number of aliphatic hydroxyl groups excluding tert-OH is 1. The summed E-state index contributed by atoms with van der Waals surface area (Å²) in [6.45, 7) is 5.77. The average molecular weight is 323 g/mol. The quantitative estimate of drug-likeness (QED) is 0.658. The number of nitro groups is 1. The predicted molar refractivity (Wildman–Crippen MR) is 83.0 cm³/mol. The van der Waals surface area contributed by atoms with Crippen LogP contribution >= 0.6 is 0 Å². The SMILES string of the molecule is CC(O)CC1(C)Cc2cc([N+](=O)[O-])c(N3CCOCC3)nc2O1. The number of pyridine rings is 1. The first-order chi connectivity index (χ1) is 10.9. The zero-order valence-electron chi connectivity index (χ0n) is 13.3. The summed E-state index contributed by atoms with van der Waals surface area (Å²) in [5.74, 6) is 0.763. The lowest BCUT2D eigenvalue weighted by atomic mass is 9.93. The zero-order valence-corrected chi connectivity index (χ0v) is 13.3. The molecule has 1 N–H and O–H groups in total. The molecule has 23 heavy (non-hydrogen) atoms. The third-order valence-electron chi connectivity index (χ3n) is 4.16. The Labute approximate surface area is 134 Å². The Bertz CT molecular complexity index is 615. The van der Waals surface area contributed by atoms with Crippen LogP contribution in [0, 0.1) is 10.1 Å². The molecule has 1 aromatic rings. The largest absolute Gasteiger partial charge is 0.471 e. The van der Waals surface area contributed by atoms with Gasteiger partial charge >= 0.3 is 5.69 Å². The molecule has 0 spiro atoms. The van der Waals surface area contributed by atoms with Gasteiger partial charge in [-0.15, -0.1) is 0 Å². The minimum absolute atomic E-state index is 0.00412. The van der Waals surface area contributed by atoms with Crippen LogP contribution in [0.5, 0.6) is 5.88 Å². The van der Waals surface area contributed by atoms with E-state index in [4.69, 9.17) is 9.47 Å².